The first-order valence-electron chi connectivity index (χ1n) is 4.17. The fourth-order valence-corrected chi connectivity index (χ4v) is 0.761. The van der Waals surface area contributed by atoms with E-state index in [-0.39, 0.29) is 17.4 Å². The number of carbonyl (C=O) groups is 1. The van der Waals surface area contributed by atoms with Crippen LogP contribution in [0.15, 0.2) is 0 Å². The zero-order valence-electron chi connectivity index (χ0n) is 7.81. The van der Waals surface area contributed by atoms with Crippen molar-refractivity contribution in [2.24, 2.45) is 5.92 Å². The summed E-state index contributed by atoms with van der Waals surface area (Å²) >= 11 is 0. The summed E-state index contributed by atoms with van der Waals surface area (Å²) in [6, 6.07) is 0. The lowest BCUT2D eigenvalue weighted by atomic mass is 10.0. The molecule has 0 aromatic carbocycles. The molecule has 0 aromatic heterocycles. The summed E-state index contributed by atoms with van der Waals surface area (Å²) in [6.07, 6.45) is 0. The molecular formula is C8H16N2O2. The van der Waals surface area contributed by atoms with Crippen molar-refractivity contribution in [1.82, 2.24) is 10.8 Å². The topological polar surface area (TPSA) is 50.4 Å². The molecule has 0 saturated carbocycles. The Morgan fingerprint density at radius 2 is 2.08 bits per heavy atom. The van der Waals surface area contributed by atoms with Gasteiger partial charge in [-0.1, -0.05) is 0 Å². The van der Waals surface area contributed by atoms with Crippen LogP contribution in [0.25, 0.3) is 0 Å². The molecule has 0 radical (unpaired) electrons. The van der Waals surface area contributed by atoms with Crippen molar-refractivity contribution in [3.8, 4) is 0 Å². The molecule has 0 aromatic rings. The summed E-state index contributed by atoms with van der Waals surface area (Å²) in [4.78, 5) is 16.3. The predicted molar refractivity (Wildman–Crippen MR) is 45.3 cm³/mol. The molecule has 4 nitrogen and oxygen atoms in total. The van der Waals surface area contributed by atoms with Crippen LogP contribution < -0.4 is 10.8 Å². The molecule has 1 heterocycles. The Labute approximate surface area is 72.6 Å². The largest absolute Gasteiger partial charge is 0.315 e. The van der Waals surface area contributed by atoms with E-state index < -0.39 is 0 Å². The van der Waals surface area contributed by atoms with Crippen molar-refractivity contribution >= 4 is 5.91 Å². The van der Waals surface area contributed by atoms with Crippen molar-refractivity contribution < 1.29 is 9.63 Å². The molecule has 1 amide bonds. The van der Waals surface area contributed by atoms with Gasteiger partial charge in [-0.05, 0) is 20.8 Å². The van der Waals surface area contributed by atoms with Crippen LogP contribution in [0.2, 0.25) is 0 Å². The van der Waals surface area contributed by atoms with Crippen LogP contribution in [0.3, 0.4) is 0 Å². The van der Waals surface area contributed by atoms with Crippen molar-refractivity contribution in [1.29, 1.82) is 0 Å². The first kappa shape index (κ1) is 9.48. The normalized spacial score (nSPS) is 18.6. The summed E-state index contributed by atoms with van der Waals surface area (Å²) in [5.74, 6) is 0.0658. The molecule has 1 saturated heterocycles. The lowest BCUT2D eigenvalue weighted by molar-refractivity contribution is -0.151. The van der Waals surface area contributed by atoms with Crippen molar-refractivity contribution in [2.45, 2.75) is 26.4 Å². The van der Waals surface area contributed by atoms with Gasteiger partial charge in [0.05, 0.1) is 11.5 Å². The monoisotopic (exact) mass is 172 g/mol. The van der Waals surface area contributed by atoms with Crippen LogP contribution in [-0.4, -0.2) is 24.6 Å². The number of hydroxylamine groups is 1. The first-order chi connectivity index (χ1) is 5.49. The van der Waals surface area contributed by atoms with Crippen molar-refractivity contribution in [3.05, 3.63) is 0 Å². The Morgan fingerprint density at radius 3 is 2.42 bits per heavy atom. The predicted octanol–water partition coefficient (Wildman–Crippen LogP) is 0.0521. The van der Waals surface area contributed by atoms with Gasteiger partial charge < -0.3 is 5.32 Å². The number of rotatable bonds is 2. The van der Waals surface area contributed by atoms with Crippen LogP contribution in [-0.2, 0) is 9.63 Å². The molecule has 1 aliphatic rings. The number of amides is 1. The van der Waals surface area contributed by atoms with Crippen molar-refractivity contribution in [3.63, 3.8) is 0 Å². The van der Waals surface area contributed by atoms with Crippen LogP contribution in [0.1, 0.15) is 20.8 Å². The molecule has 2 N–H and O–H groups in total. The van der Waals surface area contributed by atoms with Gasteiger partial charge in [0.2, 0.25) is 5.91 Å². The average Bonchev–Trinajstić information content (AvgIpc) is 1.78. The molecule has 1 rings (SSSR count). The molecule has 4 heteroatoms. The van der Waals surface area contributed by atoms with Gasteiger partial charge in [-0.15, -0.1) is 0 Å². The Bertz CT molecular complexity index is 170. The number of nitrogens with one attached hydrogen (secondary N) is 2. The third-order valence-electron chi connectivity index (χ3n) is 1.61. The summed E-state index contributed by atoms with van der Waals surface area (Å²) in [5.41, 5.74) is 2.13. The van der Waals surface area contributed by atoms with Gasteiger partial charge in [-0.3, -0.25) is 9.63 Å². The minimum absolute atomic E-state index is 0.0244. The molecule has 1 fully saturated rings. The summed E-state index contributed by atoms with van der Waals surface area (Å²) in [5, 5.41) is 3.02. The Morgan fingerprint density at radius 1 is 1.50 bits per heavy atom. The lowest BCUT2D eigenvalue weighted by Gasteiger charge is -2.27. The van der Waals surface area contributed by atoms with Gasteiger partial charge in [0.1, 0.15) is 0 Å². The van der Waals surface area contributed by atoms with E-state index in [9.17, 15) is 4.79 Å². The van der Waals surface area contributed by atoms with Crippen molar-refractivity contribution in [2.75, 3.05) is 13.1 Å². The fraction of sp³-hybridized carbons (Fsp3) is 0.875. The summed E-state index contributed by atoms with van der Waals surface area (Å²) < 4.78 is 0. The van der Waals surface area contributed by atoms with Gasteiger partial charge in [-0.2, -0.15) is 0 Å². The average molecular weight is 172 g/mol. The maximum atomic E-state index is 11.2. The highest BCUT2D eigenvalue weighted by molar-refractivity contribution is 5.78. The highest BCUT2D eigenvalue weighted by Crippen LogP contribution is 2.06. The molecular weight excluding hydrogens is 156 g/mol. The highest BCUT2D eigenvalue weighted by Gasteiger charge is 2.26. The molecule has 12 heavy (non-hydrogen) atoms. The Balaban J connectivity index is 2.18. The molecule has 1 aliphatic heterocycles. The standard InChI is InChI=1S/C8H16N2O2/c1-8(2,3)12-10-7(11)6-4-9-5-6/h6,9H,4-5H2,1-3H3,(H,10,11). The van der Waals surface area contributed by atoms with E-state index in [1.54, 1.807) is 0 Å². The lowest BCUT2D eigenvalue weighted by Crippen LogP contribution is -2.51. The minimum atomic E-state index is -0.313. The summed E-state index contributed by atoms with van der Waals surface area (Å²) in [7, 11) is 0. The SMILES string of the molecule is CC(C)(C)ONC(=O)C1CNC1. The minimum Gasteiger partial charge on any atom is -0.315 e. The van der Waals surface area contributed by atoms with Gasteiger partial charge >= 0.3 is 0 Å². The molecule has 0 unspecified atom stereocenters. The zero-order valence-corrected chi connectivity index (χ0v) is 7.81. The fourth-order valence-electron chi connectivity index (χ4n) is 0.761. The molecule has 0 bridgehead atoms. The van der Waals surface area contributed by atoms with Crippen LogP contribution >= 0.6 is 0 Å². The van der Waals surface area contributed by atoms with E-state index in [2.05, 4.69) is 10.8 Å². The molecule has 0 spiro atoms. The van der Waals surface area contributed by atoms with E-state index >= 15 is 0 Å². The first-order valence-corrected chi connectivity index (χ1v) is 4.17. The van der Waals surface area contributed by atoms with E-state index in [1.165, 1.54) is 0 Å². The number of hydrogen-bond acceptors (Lipinski definition) is 3. The second-order valence-electron chi connectivity index (χ2n) is 4.04. The van der Waals surface area contributed by atoms with Crippen LogP contribution in [0.4, 0.5) is 0 Å². The second-order valence-corrected chi connectivity index (χ2v) is 4.04. The Kier molecular flexibility index (Phi) is 2.69. The maximum Gasteiger partial charge on any atom is 0.249 e. The highest BCUT2D eigenvalue weighted by atomic mass is 16.7. The molecule has 0 aliphatic carbocycles. The quantitative estimate of drug-likeness (QED) is 0.579. The van der Waals surface area contributed by atoms with E-state index in [0.29, 0.717) is 0 Å². The molecule has 70 valence electrons. The summed E-state index contributed by atoms with van der Waals surface area (Å²) in [6.45, 7) is 7.21. The van der Waals surface area contributed by atoms with Gasteiger partial charge in [-0.25, -0.2) is 5.48 Å². The third kappa shape index (κ3) is 2.79. The van der Waals surface area contributed by atoms with Gasteiger partial charge in [0.25, 0.3) is 0 Å². The third-order valence-corrected chi connectivity index (χ3v) is 1.61. The Hall–Kier alpha value is -0.610. The van der Waals surface area contributed by atoms with Gasteiger partial charge in [0, 0.05) is 13.1 Å². The number of hydrogen-bond donors (Lipinski definition) is 2. The van der Waals surface area contributed by atoms with E-state index in [0.717, 1.165) is 13.1 Å². The van der Waals surface area contributed by atoms with Crippen LogP contribution in [0.5, 0.6) is 0 Å². The van der Waals surface area contributed by atoms with Gasteiger partial charge in [0.15, 0.2) is 0 Å². The zero-order chi connectivity index (χ0) is 9.19. The molecule has 0 atom stereocenters. The van der Waals surface area contributed by atoms with E-state index in [1.807, 2.05) is 20.8 Å². The van der Waals surface area contributed by atoms with E-state index in [4.69, 9.17) is 4.84 Å². The number of carbonyl (C=O) groups excluding carboxylic acids is 1. The second kappa shape index (κ2) is 3.41. The van der Waals surface area contributed by atoms with Crippen LogP contribution in [0, 0.1) is 5.92 Å². The smallest absolute Gasteiger partial charge is 0.249 e. The maximum absolute atomic E-state index is 11.2.